The van der Waals surface area contributed by atoms with Gasteiger partial charge in [0.15, 0.2) is 11.9 Å². The molecule has 0 radical (unpaired) electrons. The van der Waals surface area contributed by atoms with E-state index >= 15 is 0 Å². The fourth-order valence-corrected chi connectivity index (χ4v) is 2.97. The van der Waals surface area contributed by atoms with Gasteiger partial charge in [0.2, 0.25) is 0 Å². The maximum atomic E-state index is 12.3. The van der Waals surface area contributed by atoms with Crippen molar-refractivity contribution in [3.8, 4) is 0 Å². The van der Waals surface area contributed by atoms with E-state index in [2.05, 4.69) is 36.1 Å². The molecule has 30 heavy (non-hydrogen) atoms. The van der Waals surface area contributed by atoms with Gasteiger partial charge in [0, 0.05) is 5.56 Å². The molecule has 0 spiro atoms. The number of H-pyrrole nitrogens is 1. The van der Waals surface area contributed by atoms with Gasteiger partial charge in [-0.15, -0.1) is 0 Å². The Hall–Kier alpha value is -3.48. The molecule has 1 heterocycles. The van der Waals surface area contributed by atoms with Crippen LogP contribution in [0.3, 0.4) is 0 Å². The molecule has 0 saturated heterocycles. The number of amides is 1. The van der Waals surface area contributed by atoms with Crippen LogP contribution in [-0.4, -0.2) is 28.4 Å². The van der Waals surface area contributed by atoms with Crippen LogP contribution in [0.4, 0.5) is 0 Å². The summed E-state index contributed by atoms with van der Waals surface area (Å²) in [5.74, 6) is -0.744. The van der Waals surface area contributed by atoms with Crippen molar-refractivity contribution < 1.29 is 14.3 Å². The molecule has 3 aromatic rings. The normalized spacial score (nSPS) is 12.4. The Morgan fingerprint density at radius 3 is 2.43 bits per heavy atom. The highest BCUT2D eigenvalue weighted by molar-refractivity contribution is 5.96. The molecule has 1 amide bonds. The number of aromatic nitrogens is 2. The zero-order valence-electron chi connectivity index (χ0n) is 17.5. The third kappa shape index (κ3) is 4.92. The van der Waals surface area contributed by atoms with E-state index in [4.69, 9.17) is 4.74 Å². The van der Waals surface area contributed by atoms with Gasteiger partial charge in [-0.2, -0.15) is 0 Å². The summed E-state index contributed by atoms with van der Waals surface area (Å²) in [6.07, 6.45) is -0.766. The molecule has 0 aliphatic rings. The smallest absolute Gasteiger partial charge is 0.326 e. The molecule has 0 fully saturated rings. The van der Waals surface area contributed by atoms with Crippen molar-refractivity contribution >= 4 is 22.8 Å². The molecule has 0 unspecified atom stereocenters. The van der Waals surface area contributed by atoms with E-state index in [0.29, 0.717) is 16.5 Å². The average Bonchev–Trinajstić information content (AvgIpc) is 2.71. The van der Waals surface area contributed by atoms with Crippen molar-refractivity contribution in [3.63, 3.8) is 0 Å². The quantitative estimate of drug-likeness (QED) is 0.632. The summed E-state index contributed by atoms with van der Waals surface area (Å²) < 4.78 is 5.30. The first-order chi connectivity index (χ1) is 14.1. The SMILES string of the molecule is C[C@@H](OC(=O)CNC(=O)c1ccc(C(C)(C)C)cc1)c1nc2ccccc2c(=O)[nH]1. The average molecular weight is 407 g/mol. The number of carbonyl (C=O) groups excluding carboxylic acids is 2. The molecule has 0 aliphatic carbocycles. The van der Waals surface area contributed by atoms with E-state index in [1.807, 2.05) is 12.1 Å². The second kappa shape index (κ2) is 8.49. The van der Waals surface area contributed by atoms with Crippen LogP contribution >= 0.6 is 0 Å². The standard InChI is InChI=1S/C23H25N3O4/c1-14(20-25-18-8-6-5-7-17(18)22(29)26-20)30-19(27)13-24-21(28)15-9-11-16(12-10-15)23(2,3)4/h5-12,14H,13H2,1-4H3,(H,24,28)(H,25,26,29)/t14-/m1/s1. The van der Waals surface area contributed by atoms with E-state index in [9.17, 15) is 14.4 Å². The highest BCUT2D eigenvalue weighted by Gasteiger charge is 2.17. The predicted molar refractivity (Wildman–Crippen MR) is 114 cm³/mol. The van der Waals surface area contributed by atoms with Crippen molar-refractivity contribution in [1.29, 1.82) is 0 Å². The monoisotopic (exact) mass is 407 g/mol. The number of ether oxygens (including phenoxy) is 1. The maximum Gasteiger partial charge on any atom is 0.326 e. The first-order valence-electron chi connectivity index (χ1n) is 9.72. The molecule has 7 nitrogen and oxygen atoms in total. The van der Waals surface area contributed by atoms with Crippen LogP contribution in [-0.2, 0) is 14.9 Å². The van der Waals surface area contributed by atoms with Crippen LogP contribution in [0.2, 0.25) is 0 Å². The third-order valence-electron chi connectivity index (χ3n) is 4.73. The topological polar surface area (TPSA) is 101 Å². The minimum absolute atomic E-state index is 0.00722. The van der Waals surface area contributed by atoms with Gasteiger partial charge >= 0.3 is 5.97 Å². The maximum absolute atomic E-state index is 12.3. The van der Waals surface area contributed by atoms with Crippen LogP contribution < -0.4 is 10.9 Å². The lowest BCUT2D eigenvalue weighted by atomic mass is 9.87. The molecule has 0 aliphatic heterocycles. The number of nitrogens with zero attached hydrogens (tertiary/aromatic N) is 1. The van der Waals surface area contributed by atoms with Crippen LogP contribution in [0.15, 0.2) is 53.3 Å². The number of aromatic amines is 1. The molecule has 0 bridgehead atoms. The Bertz CT molecular complexity index is 1130. The van der Waals surface area contributed by atoms with Crippen LogP contribution in [0.25, 0.3) is 10.9 Å². The number of hydrogen-bond donors (Lipinski definition) is 2. The summed E-state index contributed by atoms with van der Waals surface area (Å²) >= 11 is 0. The Balaban J connectivity index is 1.59. The Labute approximate surface area is 174 Å². The van der Waals surface area contributed by atoms with E-state index < -0.39 is 12.1 Å². The number of benzene rings is 2. The lowest BCUT2D eigenvalue weighted by molar-refractivity contribution is -0.147. The van der Waals surface area contributed by atoms with Gasteiger partial charge in [-0.25, -0.2) is 4.98 Å². The van der Waals surface area contributed by atoms with E-state index in [1.54, 1.807) is 43.3 Å². The van der Waals surface area contributed by atoms with E-state index in [1.165, 1.54) is 0 Å². The second-order valence-electron chi connectivity index (χ2n) is 8.11. The minimum Gasteiger partial charge on any atom is -0.453 e. The van der Waals surface area contributed by atoms with Gasteiger partial charge in [-0.1, -0.05) is 45.0 Å². The molecule has 7 heteroatoms. The summed E-state index contributed by atoms with van der Waals surface area (Å²) in [6.45, 7) is 7.60. The van der Waals surface area contributed by atoms with Gasteiger partial charge in [0.05, 0.1) is 10.9 Å². The van der Waals surface area contributed by atoms with Crippen molar-refractivity contribution in [3.05, 3.63) is 75.8 Å². The van der Waals surface area contributed by atoms with Crippen molar-refractivity contribution in [1.82, 2.24) is 15.3 Å². The number of hydrogen-bond acceptors (Lipinski definition) is 5. The lowest BCUT2D eigenvalue weighted by Gasteiger charge is -2.19. The van der Waals surface area contributed by atoms with Gasteiger partial charge in [0.25, 0.3) is 11.5 Å². The third-order valence-corrected chi connectivity index (χ3v) is 4.73. The van der Waals surface area contributed by atoms with Gasteiger partial charge in [-0.05, 0) is 42.2 Å². The van der Waals surface area contributed by atoms with Gasteiger partial charge < -0.3 is 15.0 Å². The lowest BCUT2D eigenvalue weighted by Crippen LogP contribution is -2.31. The zero-order chi connectivity index (χ0) is 21.9. The number of esters is 1. The summed E-state index contributed by atoms with van der Waals surface area (Å²) in [4.78, 5) is 43.5. The number of carbonyl (C=O) groups is 2. The summed E-state index contributed by atoms with van der Waals surface area (Å²) in [6, 6.07) is 14.2. The molecule has 1 atom stereocenters. The van der Waals surface area contributed by atoms with Crippen LogP contribution in [0.5, 0.6) is 0 Å². The van der Waals surface area contributed by atoms with Crippen LogP contribution in [0, 0.1) is 0 Å². The highest BCUT2D eigenvalue weighted by atomic mass is 16.5. The van der Waals surface area contributed by atoms with Crippen molar-refractivity contribution in [2.24, 2.45) is 0 Å². The van der Waals surface area contributed by atoms with Crippen LogP contribution in [0.1, 0.15) is 55.5 Å². The Morgan fingerprint density at radius 1 is 1.10 bits per heavy atom. The number of rotatable bonds is 5. The predicted octanol–water partition coefficient (Wildman–Crippen LogP) is 3.25. The molecule has 156 valence electrons. The summed E-state index contributed by atoms with van der Waals surface area (Å²) in [5, 5.41) is 3.01. The molecule has 3 rings (SSSR count). The van der Waals surface area contributed by atoms with E-state index in [-0.39, 0.29) is 29.3 Å². The summed E-state index contributed by atoms with van der Waals surface area (Å²) in [5.41, 5.74) is 1.79. The Morgan fingerprint density at radius 2 is 1.77 bits per heavy atom. The second-order valence-corrected chi connectivity index (χ2v) is 8.11. The first-order valence-corrected chi connectivity index (χ1v) is 9.72. The Kier molecular flexibility index (Phi) is 6.01. The fourth-order valence-electron chi connectivity index (χ4n) is 2.97. The summed E-state index contributed by atoms with van der Waals surface area (Å²) in [7, 11) is 0. The molecule has 2 N–H and O–H groups in total. The molecule has 2 aromatic carbocycles. The first kappa shape index (κ1) is 21.2. The molecular formula is C23H25N3O4. The molecule has 0 saturated carbocycles. The van der Waals surface area contributed by atoms with Crippen molar-refractivity contribution in [2.75, 3.05) is 6.54 Å². The number of para-hydroxylation sites is 1. The highest BCUT2D eigenvalue weighted by Crippen LogP contribution is 2.22. The molecule has 1 aromatic heterocycles. The number of fused-ring (bicyclic) bond motifs is 1. The number of nitrogens with one attached hydrogen (secondary N) is 2. The van der Waals surface area contributed by atoms with Gasteiger partial charge in [-0.3, -0.25) is 14.4 Å². The van der Waals surface area contributed by atoms with E-state index in [0.717, 1.165) is 5.56 Å². The molecular weight excluding hydrogens is 382 g/mol. The zero-order valence-corrected chi connectivity index (χ0v) is 17.5. The minimum atomic E-state index is -0.766. The largest absolute Gasteiger partial charge is 0.453 e. The fraction of sp³-hybridized carbons (Fsp3) is 0.304. The van der Waals surface area contributed by atoms with Gasteiger partial charge in [0.1, 0.15) is 6.54 Å². The van der Waals surface area contributed by atoms with Crippen molar-refractivity contribution in [2.45, 2.75) is 39.2 Å².